The highest BCUT2D eigenvalue weighted by Gasteiger charge is 2.29. The zero-order chi connectivity index (χ0) is 10.7. The number of carbonyl (C=O) groups is 1. The van der Waals surface area contributed by atoms with Gasteiger partial charge in [0.1, 0.15) is 5.82 Å². The van der Waals surface area contributed by atoms with E-state index in [0.717, 1.165) is 12.8 Å². The summed E-state index contributed by atoms with van der Waals surface area (Å²) in [7, 11) is 0. The molecule has 1 aliphatic carbocycles. The number of hydrogen-bond acceptors (Lipinski definition) is 2. The van der Waals surface area contributed by atoms with E-state index in [9.17, 15) is 9.18 Å². The Kier molecular flexibility index (Phi) is 2.76. The maximum absolute atomic E-state index is 13.1. The Balaban J connectivity index is 1.93. The quantitative estimate of drug-likeness (QED) is 0.593. The van der Waals surface area contributed by atoms with Crippen molar-refractivity contribution in [3.05, 3.63) is 35.6 Å². The minimum atomic E-state index is -0.345. The van der Waals surface area contributed by atoms with Gasteiger partial charge in [0.2, 0.25) is 5.91 Å². The van der Waals surface area contributed by atoms with Crippen LogP contribution in [0.4, 0.5) is 4.39 Å². The topological polar surface area (TPSA) is 41.5 Å². The molecule has 0 atom stereocenters. The van der Waals surface area contributed by atoms with Gasteiger partial charge in [0, 0.05) is 11.5 Å². The SMILES string of the molecule is O=C(N/N=C/c1ccccc1F)C1CC1. The second-order valence-electron chi connectivity index (χ2n) is 3.53. The van der Waals surface area contributed by atoms with Gasteiger partial charge in [-0.05, 0) is 18.9 Å². The van der Waals surface area contributed by atoms with Gasteiger partial charge < -0.3 is 0 Å². The first-order valence-electron chi connectivity index (χ1n) is 4.85. The summed E-state index contributed by atoms with van der Waals surface area (Å²) >= 11 is 0. The summed E-state index contributed by atoms with van der Waals surface area (Å²) in [6, 6.07) is 6.27. The molecule has 0 aromatic heterocycles. The lowest BCUT2D eigenvalue weighted by Gasteiger charge is -1.96. The van der Waals surface area contributed by atoms with Crippen molar-refractivity contribution in [1.29, 1.82) is 0 Å². The van der Waals surface area contributed by atoms with Crippen LogP contribution in [0.1, 0.15) is 18.4 Å². The largest absolute Gasteiger partial charge is 0.273 e. The lowest BCUT2D eigenvalue weighted by molar-refractivity contribution is -0.122. The van der Waals surface area contributed by atoms with Gasteiger partial charge in [-0.15, -0.1) is 0 Å². The number of hydrazone groups is 1. The fourth-order valence-electron chi connectivity index (χ4n) is 1.18. The summed E-state index contributed by atoms with van der Waals surface area (Å²) in [5.74, 6) is -0.313. The second kappa shape index (κ2) is 4.21. The lowest BCUT2D eigenvalue weighted by Crippen LogP contribution is -2.19. The van der Waals surface area contributed by atoms with Gasteiger partial charge in [0.15, 0.2) is 0 Å². The molecule has 0 heterocycles. The minimum Gasteiger partial charge on any atom is -0.273 e. The van der Waals surface area contributed by atoms with Crippen LogP contribution in [-0.4, -0.2) is 12.1 Å². The van der Waals surface area contributed by atoms with Crippen molar-refractivity contribution in [2.24, 2.45) is 11.0 Å². The summed E-state index contributed by atoms with van der Waals surface area (Å²) in [6.07, 6.45) is 3.18. The summed E-state index contributed by atoms with van der Waals surface area (Å²) < 4.78 is 13.1. The fraction of sp³-hybridized carbons (Fsp3) is 0.273. The number of nitrogens with one attached hydrogen (secondary N) is 1. The van der Waals surface area contributed by atoms with Gasteiger partial charge >= 0.3 is 0 Å². The van der Waals surface area contributed by atoms with Gasteiger partial charge in [0.05, 0.1) is 6.21 Å². The van der Waals surface area contributed by atoms with Gasteiger partial charge in [-0.3, -0.25) is 4.79 Å². The van der Waals surface area contributed by atoms with E-state index in [0.29, 0.717) is 5.56 Å². The summed E-state index contributed by atoms with van der Waals surface area (Å²) in [6.45, 7) is 0. The first-order chi connectivity index (χ1) is 7.27. The number of halogens is 1. The van der Waals surface area contributed by atoms with Crippen LogP contribution < -0.4 is 5.43 Å². The minimum absolute atomic E-state index is 0.0809. The highest BCUT2D eigenvalue weighted by Crippen LogP contribution is 2.28. The summed E-state index contributed by atoms with van der Waals surface area (Å²) in [5.41, 5.74) is 2.75. The highest BCUT2D eigenvalue weighted by molar-refractivity contribution is 5.84. The van der Waals surface area contributed by atoms with Crippen LogP contribution in [-0.2, 0) is 4.79 Å². The average molecular weight is 206 g/mol. The van der Waals surface area contributed by atoms with Crippen LogP contribution in [0.15, 0.2) is 29.4 Å². The van der Waals surface area contributed by atoms with Gasteiger partial charge in [-0.2, -0.15) is 5.10 Å². The number of nitrogens with zero attached hydrogens (tertiary/aromatic N) is 1. The highest BCUT2D eigenvalue weighted by atomic mass is 19.1. The molecule has 0 aliphatic heterocycles. The molecule has 0 spiro atoms. The fourth-order valence-corrected chi connectivity index (χ4v) is 1.18. The molecule has 1 aliphatic rings. The van der Waals surface area contributed by atoms with Crippen molar-refractivity contribution in [2.45, 2.75) is 12.8 Å². The number of amides is 1. The van der Waals surface area contributed by atoms with Crippen molar-refractivity contribution in [1.82, 2.24) is 5.43 Å². The third-order valence-corrected chi connectivity index (χ3v) is 2.23. The normalized spacial score (nSPS) is 15.5. The van der Waals surface area contributed by atoms with E-state index >= 15 is 0 Å². The van der Waals surface area contributed by atoms with Gasteiger partial charge in [-0.25, -0.2) is 9.82 Å². The monoisotopic (exact) mass is 206 g/mol. The molecule has 0 saturated heterocycles. The molecule has 1 fully saturated rings. The number of rotatable bonds is 3. The molecule has 0 unspecified atom stereocenters. The first-order valence-corrected chi connectivity index (χ1v) is 4.85. The third-order valence-electron chi connectivity index (χ3n) is 2.23. The molecule has 1 aromatic carbocycles. The number of hydrogen-bond donors (Lipinski definition) is 1. The average Bonchev–Trinajstić information content (AvgIpc) is 3.04. The Morgan fingerprint density at radius 3 is 2.87 bits per heavy atom. The molecule has 1 saturated carbocycles. The van der Waals surface area contributed by atoms with E-state index in [2.05, 4.69) is 10.5 Å². The van der Waals surface area contributed by atoms with E-state index in [1.165, 1.54) is 12.3 Å². The molecule has 3 nitrogen and oxygen atoms in total. The lowest BCUT2D eigenvalue weighted by atomic mass is 10.2. The number of benzene rings is 1. The standard InChI is InChI=1S/C11H11FN2O/c12-10-4-2-1-3-9(10)7-13-14-11(15)8-5-6-8/h1-4,7-8H,5-6H2,(H,14,15)/b13-7+. The van der Waals surface area contributed by atoms with Crippen LogP contribution in [0.25, 0.3) is 0 Å². The van der Waals surface area contributed by atoms with Gasteiger partial charge in [-0.1, -0.05) is 18.2 Å². The third kappa shape index (κ3) is 2.62. The smallest absolute Gasteiger partial charge is 0.243 e. The van der Waals surface area contributed by atoms with Crippen LogP contribution in [0.5, 0.6) is 0 Å². The van der Waals surface area contributed by atoms with E-state index in [1.807, 2.05) is 0 Å². The van der Waals surface area contributed by atoms with Crippen molar-refractivity contribution in [3.63, 3.8) is 0 Å². The van der Waals surface area contributed by atoms with E-state index in [-0.39, 0.29) is 17.6 Å². The first kappa shape index (κ1) is 9.83. The summed E-state index contributed by atoms with van der Waals surface area (Å²) in [4.78, 5) is 11.2. The van der Waals surface area contributed by atoms with E-state index < -0.39 is 0 Å². The molecular weight excluding hydrogens is 195 g/mol. The Labute approximate surface area is 87.0 Å². The zero-order valence-electron chi connectivity index (χ0n) is 8.11. The predicted octanol–water partition coefficient (Wildman–Crippen LogP) is 1.69. The van der Waals surface area contributed by atoms with E-state index in [1.54, 1.807) is 18.2 Å². The maximum Gasteiger partial charge on any atom is 0.243 e. The van der Waals surface area contributed by atoms with Crippen LogP contribution in [0.2, 0.25) is 0 Å². The molecule has 0 radical (unpaired) electrons. The zero-order valence-corrected chi connectivity index (χ0v) is 8.11. The number of carbonyl (C=O) groups excluding carboxylic acids is 1. The molecule has 1 N–H and O–H groups in total. The Morgan fingerprint density at radius 1 is 1.47 bits per heavy atom. The predicted molar refractivity (Wildman–Crippen MR) is 54.9 cm³/mol. The van der Waals surface area contributed by atoms with Gasteiger partial charge in [0.25, 0.3) is 0 Å². The van der Waals surface area contributed by atoms with Crippen LogP contribution >= 0.6 is 0 Å². The van der Waals surface area contributed by atoms with Crippen molar-refractivity contribution in [2.75, 3.05) is 0 Å². The van der Waals surface area contributed by atoms with Crippen molar-refractivity contribution >= 4 is 12.1 Å². The van der Waals surface area contributed by atoms with Crippen LogP contribution in [0.3, 0.4) is 0 Å². The van der Waals surface area contributed by atoms with Crippen LogP contribution in [0, 0.1) is 11.7 Å². The molecular formula is C11H11FN2O. The molecule has 15 heavy (non-hydrogen) atoms. The van der Waals surface area contributed by atoms with E-state index in [4.69, 9.17) is 0 Å². The molecule has 1 amide bonds. The molecule has 4 heteroatoms. The van der Waals surface area contributed by atoms with Crippen molar-refractivity contribution < 1.29 is 9.18 Å². The molecule has 1 aromatic rings. The van der Waals surface area contributed by atoms with Crippen molar-refractivity contribution in [3.8, 4) is 0 Å². The molecule has 2 rings (SSSR count). The molecule has 78 valence electrons. The Bertz CT molecular complexity index is 399. The Hall–Kier alpha value is -1.71. The summed E-state index contributed by atoms with van der Waals surface area (Å²) in [5, 5.41) is 3.70. The Morgan fingerprint density at radius 2 is 2.20 bits per heavy atom. The second-order valence-corrected chi connectivity index (χ2v) is 3.53. The maximum atomic E-state index is 13.1. The molecule has 0 bridgehead atoms.